The van der Waals surface area contributed by atoms with Crippen LogP contribution in [-0.2, 0) is 6.42 Å². The zero-order valence-corrected chi connectivity index (χ0v) is 12.4. The van der Waals surface area contributed by atoms with Gasteiger partial charge in [-0.05, 0) is 68.1 Å². The van der Waals surface area contributed by atoms with Crippen LogP contribution in [0.4, 0.5) is 4.39 Å². The molecule has 0 aliphatic rings. The molecule has 1 nitrogen and oxygen atoms in total. The van der Waals surface area contributed by atoms with Crippen molar-refractivity contribution in [2.45, 2.75) is 34.1 Å². The summed E-state index contributed by atoms with van der Waals surface area (Å²) >= 11 is 0. The van der Waals surface area contributed by atoms with Crippen LogP contribution in [0.2, 0.25) is 0 Å². The number of carbonyl (C=O) groups is 1. The molecule has 20 heavy (non-hydrogen) atoms. The molecule has 0 aliphatic heterocycles. The number of rotatable bonds is 3. The first-order valence-corrected chi connectivity index (χ1v) is 6.74. The summed E-state index contributed by atoms with van der Waals surface area (Å²) in [6.07, 6.45) is 0.364. The zero-order chi connectivity index (χ0) is 14.9. The van der Waals surface area contributed by atoms with Gasteiger partial charge in [-0.2, -0.15) is 0 Å². The highest BCUT2D eigenvalue weighted by atomic mass is 19.1. The van der Waals surface area contributed by atoms with Gasteiger partial charge in [-0.15, -0.1) is 0 Å². The monoisotopic (exact) mass is 270 g/mol. The van der Waals surface area contributed by atoms with Gasteiger partial charge in [0.05, 0.1) is 0 Å². The molecule has 0 heterocycles. The lowest BCUT2D eigenvalue weighted by molar-refractivity contribution is 0.0992. The molecule has 0 amide bonds. The number of benzene rings is 2. The molecule has 0 spiro atoms. The van der Waals surface area contributed by atoms with Crippen molar-refractivity contribution in [1.82, 2.24) is 0 Å². The minimum absolute atomic E-state index is 0.0307. The third-order valence-electron chi connectivity index (χ3n) is 3.66. The maximum absolute atomic E-state index is 13.3. The molecule has 0 unspecified atom stereocenters. The van der Waals surface area contributed by atoms with Crippen LogP contribution in [0.3, 0.4) is 0 Å². The standard InChI is InChI=1S/C18H19FO/c1-11-7-12(2)16(13(3)8-11)10-18(20)15-5-6-17(19)14(4)9-15/h5-9H,10H2,1-4H3. The van der Waals surface area contributed by atoms with E-state index in [2.05, 4.69) is 19.1 Å². The summed E-state index contributed by atoms with van der Waals surface area (Å²) in [6, 6.07) is 8.72. The molecule has 0 aliphatic carbocycles. The number of carbonyl (C=O) groups excluding carboxylic acids is 1. The highest BCUT2D eigenvalue weighted by molar-refractivity contribution is 5.98. The molecule has 2 rings (SSSR count). The van der Waals surface area contributed by atoms with Gasteiger partial charge < -0.3 is 0 Å². The normalized spacial score (nSPS) is 10.7. The third kappa shape index (κ3) is 2.96. The molecular weight excluding hydrogens is 251 g/mol. The summed E-state index contributed by atoms with van der Waals surface area (Å²) in [6.45, 7) is 7.78. The van der Waals surface area contributed by atoms with Crippen molar-refractivity contribution in [1.29, 1.82) is 0 Å². The van der Waals surface area contributed by atoms with Crippen LogP contribution in [0.5, 0.6) is 0 Å². The Kier molecular flexibility index (Phi) is 4.03. The van der Waals surface area contributed by atoms with Gasteiger partial charge in [-0.25, -0.2) is 4.39 Å². The van der Waals surface area contributed by atoms with Crippen LogP contribution in [0.1, 0.15) is 38.2 Å². The van der Waals surface area contributed by atoms with E-state index in [4.69, 9.17) is 0 Å². The summed E-state index contributed by atoms with van der Waals surface area (Å²) in [4.78, 5) is 12.3. The van der Waals surface area contributed by atoms with Gasteiger partial charge in [0.1, 0.15) is 5.82 Å². The summed E-state index contributed by atoms with van der Waals surface area (Å²) in [7, 11) is 0. The van der Waals surface area contributed by atoms with Gasteiger partial charge in [0.25, 0.3) is 0 Å². The average Bonchev–Trinajstić information content (AvgIpc) is 2.36. The van der Waals surface area contributed by atoms with E-state index >= 15 is 0 Å². The van der Waals surface area contributed by atoms with Crippen molar-refractivity contribution in [2.24, 2.45) is 0 Å². The Bertz CT molecular complexity index is 648. The highest BCUT2D eigenvalue weighted by Gasteiger charge is 2.12. The molecule has 0 bridgehead atoms. The fraction of sp³-hybridized carbons (Fsp3) is 0.278. The second-order valence-corrected chi connectivity index (χ2v) is 5.44. The topological polar surface area (TPSA) is 17.1 Å². The van der Waals surface area contributed by atoms with Crippen molar-refractivity contribution in [2.75, 3.05) is 0 Å². The highest BCUT2D eigenvalue weighted by Crippen LogP contribution is 2.19. The van der Waals surface area contributed by atoms with E-state index in [1.165, 1.54) is 11.6 Å². The Morgan fingerprint density at radius 3 is 2.10 bits per heavy atom. The summed E-state index contributed by atoms with van der Waals surface area (Å²) in [5, 5.41) is 0. The molecular formula is C18H19FO. The first kappa shape index (κ1) is 14.4. The van der Waals surface area contributed by atoms with Crippen LogP contribution in [0.15, 0.2) is 30.3 Å². The minimum atomic E-state index is -0.274. The first-order chi connectivity index (χ1) is 9.38. The van der Waals surface area contributed by atoms with Gasteiger partial charge in [0, 0.05) is 12.0 Å². The molecule has 104 valence electrons. The molecule has 2 heteroatoms. The molecule has 0 atom stereocenters. The van der Waals surface area contributed by atoms with Gasteiger partial charge in [0.15, 0.2) is 5.78 Å². The summed E-state index contributed by atoms with van der Waals surface area (Å²) in [5.74, 6) is -0.243. The number of halogens is 1. The third-order valence-corrected chi connectivity index (χ3v) is 3.66. The second kappa shape index (κ2) is 5.58. The number of hydrogen-bond donors (Lipinski definition) is 0. The Balaban J connectivity index is 2.30. The van der Waals surface area contributed by atoms with E-state index in [-0.39, 0.29) is 11.6 Å². The van der Waals surface area contributed by atoms with Crippen molar-refractivity contribution >= 4 is 5.78 Å². The molecule has 0 N–H and O–H groups in total. The molecule has 0 saturated heterocycles. The second-order valence-electron chi connectivity index (χ2n) is 5.44. The smallest absolute Gasteiger partial charge is 0.167 e. The number of hydrogen-bond acceptors (Lipinski definition) is 1. The molecule has 0 aromatic heterocycles. The van der Waals surface area contributed by atoms with Crippen molar-refractivity contribution in [3.63, 3.8) is 0 Å². The maximum atomic E-state index is 13.3. The van der Waals surface area contributed by atoms with Crippen molar-refractivity contribution in [3.8, 4) is 0 Å². The Morgan fingerprint density at radius 2 is 1.55 bits per heavy atom. The van der Waals surface area contributed by atoms with E-state index in [1.807, 2.05) is 13.8 Å². The molecule has 2 aromatic carbocycles. The maximum Gasteiger partial charge on any atom is 0.167 e. The van der Waals surface area contributed by atoms with E-state index in [0.29, 0.717) is 17.5 Å². The van der Waals surface area contributed by atoms with E-state index < -0.39 is 0 Å². The number of Topliss-reactive ketones (excluding diaryl/α,β-unsaturated/α-hetero) is 1. The van der Waals surface area contributed by atoms with Crippen LogP contribution in [-0.4, -0.2) is 5.78 Å². The van der Waals surface area contributed by atoms with Gasteiger partial charge in [-0.3, -0.25) is 4.79 Å². The quantitative estimate of drug-likeness (QED) is 0.751. The Labute approximate surface area is 119 Å². The fourth-order valence-corrected chi connectivity index (χ4v) is 2.57. The molecule has 2 aromatic rings. The fourth-order valence-electron chi connectivity index (χ4n) is 2.57. The first-order valence-electron chi connectivity index (χ1n) is 6.74. The van der Waals surface area contributed by atoms with E-state index in [9.17, 15) is 9.18 Å². The lowest BCUT2D eigenvalue weighted by Crippen LogP contribution is -2.07. The van der Waals surface area contributed by atoms with Crippen molar-refractivity contribution in [3.05, 3.63) is 69.5 Å². The van der Waals surface area contributed by atoms with E-state index in [1.54, 1.807) is 19.1 Å². The SMILES string of the molecule is Cc1cc(C)c(CC(=O)c2ccc(F)c(C)c2)c(C)c1. The molecule has 0 radical (unpaired) electrons. The number of ketones is 1. The van der Waals surface area contributed by atoms with Gasteiger partial charge in [0.2, 0.25) is 0 Å². The summed E-state index contributed by atoms with van der Waals surface area (Å²) in [5.41, 5.74) is 5.62. The largest absolute Gasteiger partial charge is 0.294 e. The van der Waals surface area contributed by atoms with Crippen LogP contribution >= 0.6 is 0 Å². The average molecular weight is 270 g/mol. The molecule has 0 saturated carbocycles. The van der Waals surface area contributed by atoms with Crippen LogP contribution in [0, 0.1) is 33.5 Å². The Morgan fingerprint density at radius 1 is 0.950 bits per heavy atom. The predicted molar refractivity (Wildman–Crippen MR) is 79.8 cm³/mol. The van der Waals surface area contributed by atoms with Crippen molar-refractivity contribution < 1.29 is 9.18 Å². The Hall–Kier alpha value is -1.96. The number of aryl methyl sites for hydroxylation is 4. The summed E-state index contributed by atoms with van der Waals surface area (Å²) < 4.78 is 13.3. The lowest BCUT2D eigenvalue weighted by atomic mass is 9.93. The van der Waals surface area contributed by atoms with Crippen LogP contribution < -0.4 is 0 Å². The van der Waals surface area contributed by atoms with Crippen LogP contribution in [0.25, 0.3) is 0 Å². The lowest BCUT2D eigenvalue weighted by Gasteiger charge is -2.11. The van der Waals surface area contributed by atoms with Gasteiger partial charge in [-0.1, -0.05) is 17.7 Å². The predicted octanol–water partition coefficient (Wildman–Crippen LogP) is 4.48. The van der Waals surface area contributed by atoms with E-state index in [0.717, 1.165) is 16.7 Å². The zero-order valence-electron chi connectivity index (χ0n) is 12.4. The minimum Gasteiger partial charge on any atom is -0.294 e. The van der Waals surface area contributed by atoms with Gasteiger partial charge >= 0.3 is 0 Å². The molecule has 0 fully saturated rings.